The van der Waals surface area contributed by atoms with E-state index in [4.69, 9.17) is 14.7 Å². The van der Waals surface area contributed by atoms with Gasteiger partial charge >= 0.3 is 0 Å². The molecular weight excluding hydrogens is 286 g/mol. The fourth-order valence-electron chi connectivity index (χ4n) is 1.99. The maximum atomic E-state index is 12.6. The van der Waals surface area contributed by atoms with Crippen molar-refractivity contribution in [3.8, 4) is 17.6 Å². The normalized spacial score (nSPS) is 11.5. The summed E-state index contributed by atoms with van der Waals surface area (Å²) in [5, 5.41) is 8.97. The van der Waals surface area contributed by atoms with Gasteiger partial charge < -0.3 is 9.47 Å². The van der Waals surface area contributed by atoms with Crippen LogP contribution in [0.5, 0.6) is 11.5 Å². The third-order valence-electron chi connectivity index (χ3n) is 3.01. The van der Waals surface area contributed by atoms with Gasteiger partial charge in [0.2, 0.25) is 0 Å². The van der Waals surface area contributed by atoms with Crippen molar-refractivity contribution in [1.29, 1.82) is 5.26 Å². The summed E-state index contributed by atoms with van der Waals surface area (Å²) in [7, 11) is 1.82. The molecule has 108 valence electrons. The van der Waals surface area contributed by atoms with Crippen LogP contribution in [0.25, 0.3) is 0 Å². The van der Waals surface area contributed by atoms with Crippen molar-refractivity contribution < 1.29 is 13.7 Å². The molecule has 2 aromatic rings. The van der Waals surface area contributed by atoms with Crippen LogP contribution in [0.3, 0.4) is 0 Å². The predicted octanol–water partition coefficient (Wildman–Crippen LogP) is 2.88. The third-order valence-corrected chi connectivity index (χ3v) is 4.41. The maximum Gasteiger partial charge on any atom is 0.134 e. The van der Waals surface area contributed by atoms with Crippen molar-refractivity contribution in [2.75, 3.05) is 14.2 Å². The molecule has 0 bridgehead atoms. The molecule has 0 aromatic heterocycles. The summed E-state index contributed by atoms with van der Waals surface area (Å²) in [5.41, 5.74) is 1.25. The fraction of sp³-hybridized carbons (Fsp3) is 0.188. The molecule has 0 N–H and O–H groups in total. The molecule has 5 heteroatoms. The highest BCUT2D eigenvalue weighted by atomic mass is 32.2. The Labute approximate surface area is 126 Å². The molecule has 0 amide bonds. The third kappa shape index (κ3) is 3.41. The van der Waals surface area contributed by atoms with Crippen LogP contribution in [-0.4, -0.2) is 18.4 Å². The monoisotopic (exact) mass is 301 g/mol. The van der Waals surface area contributed by atoms with Gasteiger partial charge in [-0.2, -0.15) is 5.26 Å². The van der Waals surface area contributed by atoms with E-state index in [1.54, 1.807) is 44.6 Å². The first kappa shape index (κ1) is 15.1. The second-order valence-electron chi connectivity index (χ2n) is 4.28. The molecule has 0 aliphatic carbocycles. The van der Waals surface area contributed by atoms with Crippen molar-refractivity contribution in [2.45, 2.75) is 10.6 Å². The summed E-state index contributed by atoms with van der Waals surface area (Å²) in [6, 6.07) is 14.4. The molecule has 2 aromatic carbocycles. The van der Waals surface area contributed by atoms with Gasteiger partial charge in [-0.15, -0.1) is 0 Å². The number of para-hydroxylation sites is 1. The van der Waals surface area contributed by atoms with E-state index >= 15 is 0 Å². The number of nitrogens with zero attached hydrogens (tertiary/aromatic N) is 1. The molecule has 4 nitrogen and oxygen atoms in total. The van der Waals surface area contributed by atoms with Gasteiger partial charge in [0.05, 0.1) is 47.3 Å². The van der Waals surface area contributed by atoms with Gasteiger partial charge in [-0.3, -0.25) is 4.21 Å². The van der Waals surface area contributed by atoms with E-state index in [0.29, 0.717) is 22.0 Å². The second-order valence-corrected chi connectivity index (χ2v) is 5.70. The van der Waals surface area contributed by atoms with Crippen molar-refractivity contribution in [3.63, 3.8) is 0 Å². The smallest absolute Gasteiger partial charge is 0.134 e. The average molecular weight is 301 g/mol. The summed E-state index contributed by atoms with van der Waals surface area (Å²) in [6.07, 6.45) is 0. The zero-order chi connectivity index (χ0) is 15.2. The Balaban J connectivity index is 2.33. The fourth-order valence-corrected chi connectivity index (χ4v) is 3.26. The van der Waals surface area contributed by atoms with Crippen molar-refractivity contribution in [1.82, 2.24) is 0 Å². The number of ether oxygens (including phenoxy) is 2. The number of benzene rings is 2. The van der Waals surface area contributed by atoms with E-state index in [2.05, 4.69) is 6.07 Å². The van der Waals surface area contributed by atoms with Crippen LogP contribution >= 0.6 is 0 Å². The van der Waals surface area contributed by atoms with Crippen LogP contribution in [-0.2, 0) is 16.6 Å². The number of hydrogen-bond acceptors (Lipinski definition) is 4. The molecular formula is C16H15NO3S. The molecule has 0 aliphatic rings. The minimum Gasteiger partial charge on any atom is -0.496 e. The first-order valence-electron chi connectivity index (χ1n) is 6.28. The highest BCUT2D eigenvalue weighted by Crippen LogP contribution is 2.27. The maximum absolute atomic E-state index is 12.6. The van der Waals surface area contributed by atoms with E-state index in [9.17, 15) is 4.21 Å². The molecule has 0 spiro atoms. The van der Waals surface area contributed by atoms with E-state index < -0.39 is 10.8 Å². The van der Waals surface area contributed by atoms with Crippen LogP contribution in [0, 0.1) is 11.3 Å². The zero-order valence-corrected chi connectivity index (χ0v) is 12.6. The number of rotatable bonds is 5. The Morgan fingerprint density at radius 3 is 2.48 bits per heavy atom. The quantitative estimate of drug-likeness (QED) is 0.852. The predicted molar refractivity (Wildman–Crippen MR) is 80.8 cm³/mol. The zero-order valence-electron chi connectivity index (χ0n) is 11.8. The van der Waals surface area contributed by atoms with Gasteiger partial charge in [0, 0.05) is 5.56 Å². The van der Waals surface area contributed by atoms with Gasteiger partial charge in [0.15, 0.2) is 0 Å². The Kier molecular flexibility index (Phi) is 4.96. The Hall–Kier alpha value is -2.32. The standard InChI is InChI=1S/C16H15NO3S/c1-19-14-8-7-12(10-17)9-13(14)11-21(18)16-6-4-3-5-15(16)20-2/h3-9H,11H2,1-2H3. The summed E-state index contributed by atoms with van der Waals surface area (Å²) < 4.78 is 23.0. The second kappa shape index (κ2) is 6.91. The van der Waals surface area contributed by atoms with Crippen molar-refractivity contribution >= 4 is 10.8 Å². The van der Waals surface area contributed by atoms with Crippen LogP contribution in [0.15, 0.2) is 47.4 Å². The van der Waals surface area contributed by atoms with Crippen molar-refractivity contribution in [3.05, 3.63) is 53.6 Å². The number of hydrogen-bond donors (Lipinski definition) is 0. The van der Waals surface area contributed by atoms with Crippen LogP contribution in [0.1, 0.15) is 11.1 Å². The first-order chi connectivity index (χ1) is 10.2. The van der Waals surface area contributed by atoms with Crippen molar-refractivity contribution in [2.24, 2.45) is 0 Å². The molecule has 0 fully saturated rings. The lowest BCUT2D eigenvalue weighted by Gasteiger charge is -2.11. The van der Waals surface area contributed by atoms with Crippen LogP contribution < -0.4 is 9.47 Å². The Morgan fingerprint density at radius 1 is 1.10 bits per heavy atom. The van der Waals surface area contributed by atoms with E-state index in [1.165, 1.54) is 0 Å². The molecule has 0 saturated heterocycles. The Bertz CT molecular complexity index is 707. The molecule has 1 unspecified atom stereocenters. The van der Waals surface area contributed by atoms with Gasteiger partial charge in [-0.25, -0.2) is 0 Å². The lowest BCUT2D eigenvalue weighted by molar-refractivity contribution is 0.403. The average Bonchev–Trinajstić information content (AvgIpc) is 2.54. The molecule has 0 heterocycles. The van der Waals surface area contributed by atoms with Gasteiger partial charge in [-0.05, 0) is 30.3 Å². The number of methoxy groups -OCH3 is 2. The summed E-state index contributed by atoms with van der Waals surface area (Å²) in [6.45, 7) is 0. The molecule has 0 saturated carbocycles. The van der Waals surface area contributed by atoms with Crippen LogP contribution in [0.2, 0.25) is 0 Å². The summed E-state index contributed by atoms with van der Waals surface area (Å²) >= 11 is 0. The van der Waals surface area contributed by atoms with Crippen LogP contribution in [0.4, 0.5) is 0 Å². The first-order valence-corrected chi connectivity index (χ1v) is 7.60. The molecule has 0 aliphatic heterocycles. The highest BCUT2D eigenvalue weighted by molar-refractivity contribution is 7.84. The summed E-state index contributed by atoms with van der Waals surface area (Å²) in [4.78, 5) is 0.629. The van der Waals surface area contributed by atoms with E-state index in [1.807, 2.05) is 12.1 Å². The van der Waals surface area contributed by atoms with Gasteiger partial charge in [0.25, 0.3) is 0 Å². The molecule has 21 heavy (non-hydrogen) atoms. The minimum atomic E-state index is -1.28. The molecule has 2 rings (SSSR count). The lowest BCUT2D eigenvalue weighted by atomic mass is 10.1. The molecule has 0 radical (unpaired) electrons. The lowest BCUT2D eigenvalue weighted by Crippen LogP contribution is -2.01. The molecule has 1 atom stereocenters. The Morgan fingerprint density at radius 2 is 1.81 bits per heavy atom. The van der Waals surface area contributed by atoms with Gasteiger partial charge in [0.1, 0.15) is 11.5 Å². The topological polar surface area (TPSA) is 59.3 Å². The highest BCUT2D eigenvalue weighted by Gasteiger charge is 2.14. The van der Waals surface area contributed by atoms with Gasteiger partial charge in [-0.1, -0.05) is 12.1 Å². The number of nitriles is 1. The minimum absolute atomic E-state index is 0.263. The van der Waals surface area contributed by atoms with E-state index in [0.717, 1.165) is 5.56 Å². The largest absolute Gasteiger partial charge is 0.496 e. The SMILES string of the molecule is COc1ccc(C#N)cc1CS(=O)c1ccccc1OC. The summed E-state index contributed by atoms with van der Waals surface area (Å²) in [5.74, 6) is 1.47. The van der Waals surface area contributed by atoms with E-state index in [-0.39, 0.29) is 5.75 Å².